The number of halogens is 1. The van der Waals surface area contributed by atoms with E-state index < -0.39 is 0 Å². The van der Waals surface area contributed by atoms with Gasteiger partial charge in [-0.1, -0.05) is 11.6 Å². The number of hydrogen-bond donors (Lipinski definition) is 2. The van der Waals surface area contributed by atoms with E-state index in [1.165, 1.54) is 11.1 Å². The highest BCUT2D eigenvalue weighted by Crippen LogP contribution is 2.27. The van der Waals surface area contributed by atoms with Gasteiger partial charge in [-0.2, -0.15) is 12.6 Å². The van der Waals surface area contributed by atoms with Crippen molar-refractivity contribution in [1.82, 2.24) is 5.32 Å². The zero-order valence-electron chi connectivity index (χ0n) is 9.72. The molecule has 1 rings (SSSR count). The van der Waals surface area contributed by atoms with Gasteiger partial charge in [0.05, 0.1) is 12.1 Å². The van der Waals surface area contributed by atoms with E-state index >= 15 is 0 Å². The van der Waals surface area contributed by atoms with E-state index in [0.29, 0.717) is 5.02 Å². The number of benzene rings is 1. The van der Waals surface area contributed by atoms with Crippen LogP contribution in [0.2, 0.25) is 5.02 Å². The molecule has 2 nitrogen and oxygen atoms in total. The molecule has 90 valence electrons. The molecule has 0 amide bonds. The van der Waals surface area contributed by atoms with Gasteiger partial charge in [0.25, 0.3) is 0 Å². The predicted octanol–water partition coefficient (Wildman–Crippen LogP) is 2.72. The summed E-state index contributed by atoms with van der Waals surface area (Å²) in [5.41, 5.74) is 2.48. The van der Waals surface area contributed by atoms with Gasteiger partial charge in [0.1, 0.15) is 5.75 Å². The van der Waals surface area contributed by atoms with Crippen molar-refractivity contribution in [3.05, 3.63) is 28.3 Å². The maximum atomic E-state index is 6.08. The maximum absolute atomic E-state index is 6.08. The Morgan fingerprint density at radius 1 is 1.38 bits per heavy atom. The topological polar surface area (TPSA) is 21.3 Å². The number of methoxy groups -OCH3 is 1. The van der Waals surface area contributed by atoms with Crippen LogP contribution in [0.25, 0.3) is 0 Å². The lowest BCUT2D eigenvalue weighted by Crippen LogP contribution is -2.19. The third-order valence-corrected chi connectivity index (χ3v) is 2.99. The summed E-state index contributed by atoms with van der Waals surface area (Å²) < 4.78 is 5.17. The van der Waals surface area contributed by atoms with E-state index in [9.17, 15) is 0 Å². The van der Waals surface area contributed by atoms with Crippen LogP contribution in [0.4, 0.5) is 0 Å². The SMILES string of the molecule is COc1cc(C)c(CCNCCS)cc1Cl. The van der Waals surface area contributed by atoms with Crippen LogP contribution in [0.15, 0.2) is 12.1 Å². The minimum Gasteiger partial charge on any atom is -0.495 e. The first-order valence-corrected chi connectivity index (χ1v) is 6.34. The van der Waals surface area contributed by atoms with Gasteiger partial charge < -0.3 is 10.1 Å². The largest absolute Gasteiger partial charge is 0.495 e. The van der Waals surface area contributed by atoms with Crippen LogP contribution in [-0.2, 0) is 6.42 Å². The normalized spacial score (nSPS) is 10.5. The highest BCUT2D eigenvalue weighted by molar-refractivity contribution is 7.80. The molecule has 0 bridgehead atoms. The molecule has 0 aliphatic carbocycles. The Kier molecular flexibility index (Phi) is 6.03. The summed E-state index contributed by atoms with van der Waals surface area (Å²) in [7, 11) is 1.63. The predicted molar refractivity (Wildman–Crippen MR) is 73.2 cm³/mol. The fraction of sp³-hybridized carbons (Fsp3) is 0.500. The zero-order chi connectivity index (χ0) is 12.0. The number of aryl methyl sites for hydroxylation is 1. The van der Waals surface area contributed by atoms with E-state index in [1.54, 1.807) is 7.11 Å². The maximum Gasteiger partial charge on any atom is 0.137 e. The number of nitrogens with one attached hydrogen (secondary N) is 1. The third kappa shape index (κ3) is 3.89. The number of ether oxygens (including phenoxy) is 1. The molecule has 0 heterocycles. The smallest absolute Gasteiger partial charge is 0.137 e. The molecule has 4 heteroatoms. The van der Waals surface area contributed by atoms with Crippen molar-refractivity contribution in [2.45, 2.75) is 13.3 Å². The van der Waals surface area contributed by atoms with Gasteiger partial charge in [-0.3, -0.25) is 0 Å². The third-order valence-electron chi connectivity index (χ3n) is 2.47. The standard InChI is InChI=1S/C12H18ClNOS/c1-9-7-12(15-2)11(13)8-10(9)3-4-14-5-6-16/h7-8,14,16H,3-6H2,1-2H3. The van der Waals surface area contributed by atoms with Crippen molar-refractivity contribution in [2.24, 2.45) is 0 Å². The summed E-state index contributed by atoms with van der Waals surface area (Å²) >= 11 is 10.2. The van der Waals surface area contributed by atoms with Gasteiger partial charge >= 0.3 is 0 Å². The summed E-state index contributed by atoms with van der Waals surface area (Å²) in [5, 5.41) is 3.99. The molecular weight excluding hydrogens is 242 g/mol. The number of rotatable bonds is 6. The van der Waals surface area contributed by atoms with E-state index in [4.69, 9.17) is 16.3 Å². The van der Waals surface area contributed by atoms with Gasteiger partial charge in [-0.15, -0.1) is 0 Å². The highest BCUT2D eigenvalue weighted by Gasteiger charge is 2.05. The van der Waals surface area contributed by atoms with Gasteiger partial charge in [-0.05, 0) is 43.1 Å². The molecule has 0 unspecified atom stereocenters. The molecule has 0 aliphatic rings. The van der Waals surface area contributed by atoms with Crippen LogP contribution in [-0.4, -0.2) is 26.0 Å². The van der Waals surface area contributed by atoms with Crippen LogP contribution in [0, 0.1) is 6.92 Å². The van der Waals surface area contributed by atoms with Crippen LogP contribution in [0.3, 0.4) is 0 Å². The van der Waals surface area contributed by atoms with Gasteiger partial charge in [0, 0.05) is 12.3 Å². The summed E-state index contributed by atoms with van der Waals surface area (Å²) in [5.74, 6) is 1.61. The summed E-state index contributed by atoms with van der Waals surface area (Å²) in [6.07, 6.45) is 0.976. The Morgan fingerprint density at radius 3 is 2.75 bits per heavy atom. The molecule has 0 spiro atoms. The molecule has 16 heavy (non-hydrogen) atoms. The molecule has 0 saturated carbocycles. The molecule has 1 aromatic rings. The Morgan fingerprint density at radius 2 is 2.12 bits per heavy atom. The van der Waals surface area contributed by atoms with Crippen LogP contribution in [0.5, 0.6) is 5.75 Å². The molecule has 1 N–H and O–H groups in total. The molecule has 0 saturated heterocycles. The Labute approximate surface area is 108 Å². The van der Waals surface area contributed by atoms with E-state index in [0.717, 1.165) is 31.0 Å². The van der Waals surface area contributed by atoms with Gasteiger partial charge in [0.15, 0.2) is 0 Å². The molecule has 0 aliphatic heterocycles. The van der Waals surface area contributed by atoms with E-state index in [-0.39, 0.29) is 0 Å². The molecule has 0 aromatic heterocycles. The zero-order valence-corrected chi connectivity index (χ0v) is 11.4. The van der Waals surface area contributed by atoms with Crippen molar-refractivity contribution in [1.29, 1.82) is 0 Å². The summed E-state index contributed by atoms with van der Waals surface area (Å²) in [4.78, 5) is 0. The summed E-state index contributed by atoms with van der Waals surface area (Å²) in [6, 6.07) is 3.97. The molecule has 0 radical (unpaired) electrons. The van der Waals surface area contributed by atoms with E-state index in [2.05, 4.69) is 24.9 Å². The lowest BCUT2D eigenvalue weighted by atomic mass is 10.1. The van der Waals surface area contributed by atoms with Crippen LogP contribution in [0.1, 0.15) is 11.1 Å². The number of thiol groups is 1. The molecule has 0 atom stereocenters. The highest BCUT2D eigenvalue weighted by atomic mass is 35.5. The minimum atomic E-state index is 0.678. The fourth-order valence-corrected chi connectivity index (χ4v) is 1.97. The quantitative estimate of drug-likeness (QED) is 0.606. The summed E-state index contributed by atoms with van der Waals surface area (Å²) in [6.45, 7) is 3.96. The molecular formula is C12H18ClNOS. The Bertz CT molecular complexity index is 344. The van der Waals surface area contributed by atoms with Gasteiger partial charge in [0.2, 0.25) is 0 Å². The second-order valence-electron chi connectivity index (χ2n) is 3.64. The van der Waals surface area contributed by atoms with Crippen molar-refractivity contribution in [3.63, 3.8) is 0 Å². The van der Waals surface area contributed by atoms with Crippen molar-refractivity contribution in [2.75, 3.05) is 26.0 Å². The lowest BCUT2D eigenvalue weighted by Gasteiger charge is -2.10. The second-order valence-corrected chi connectivity index (χ2v) is 4.49. The van der Waals surface area contributed by atoms with Crippen LogP contribution >= 0.6 is 24.2 Å². The van der Waals surface area contributed by atoms with Crippen molar-refractivity contribution in [3.8, 4) is 5.75 Å². The Balaban J connectivity index is 2.63. The second kappa shape index (κ2) is 7.05. The van der Waals surface area contributed by atoms with E-state index in [1.807, 2.05) is 12.1 Å². The fourth-order valence-electron chi connectivity index (χ4n) is 1.55. The Hall–Kier alpha value is -0.380. The monoisotopic (exact) mass is 259 g/mol. The molecule has 1 aromatic carbocycles. The first-order valence-electron chi connectivity index (χ1n) is 5.33. The molecule has 0 fully saturated rings. The van der Waals surface area contributed by atoms with Crippen molar-refractivity contribution >= 4 is 24.2 Å². The first kappa shape index (κ1) is 13.7. The van der Waals surface area contributed by atoms with Crippen LogP contribution < -0.4 is 10.1 Å². The lowest BCUT2D eigenvalue weighted by molar-refractivity contribution is 0.414. The number of hydrogen-bond acceptors (Lipinski definition) is 3. The van der Waals surface area contributed by atoms with Crippen molar-refractivity contribution < 1.29 is 4.74 Å². The first-order chi connectivity index (χ1) is 7.69. The average molecular weight is 260 g/mol. The average Bonchev–Trinajstić information content (AvgIpc) is 2.28. The minimum absolute atomic E-state index is 0.678. The van der Waals surface area contributed by atoms with Gasteiger partial charge in [-0.25, -0.2) is 0 Å².